The predicted molar refractivity (Wildman–Crippen MR) is 111 cm³/mol. The maximum absolute atomic E-state index is 11.3. The maximum Gasteiger partial charge on any atom is 0.305 e. The van der Waals surface area contributed by atoms with Crippen LogP contribution < -0.4 is 14.5 Å². The van der Waals surface area contributed by atoms with Crippen molar-refractivity contribution in [1.29, 1.82) is 0 Å². The molecule has 6 heteroatoms. The monoisotopic (exact) mass is 383 g/mol. The Bertz CT molecular complexity index is 736. The molecule has 1 atom stereocenters. The van der Waals surface area contributed by atoms with Crippen molar-refractivity contribution in [3.63, 3.8) is 0 Å². The minimum absolute atomic E-state index is 0.165. The first-order valence-corrected chi connectivity index (χ1v) is 9.97. The number of anilines is 2. The number of carbonyl (C=O) groups is 1. The van der Waals surface area contributed by atoms with Crippen LogP contribution in [0.25, 0.3) is 0 Å². The summed E-state index contributed by atoms with van der Waals surface area (Å²) in [6.45, 7) is 7.96. The lowest BCUT2D eigenvalue weighted by atomic mass is 10.1. The molecule has 0 saturated carbocycles. The molecule has 0 aliphatic carbocycles. The number of benzene rings is 1. The lowest BCUT2D eigenvalue weighted by molar-refractivity contribution is -0.143. The molecule has 0 bridgehead atoms. The van der Waals surface area contributed by atoms with Gasteiger partial charge in [0.1, 0.15) is 5.75 Å². The van der Waals surface area contributed by atoms with E-state index in [0.717, 1.165) is 25.4 Å². The number of hydrogen-bond donors (Lipinski definition) is 0. The van der Waals surface area contributed by atoms with Gasteiger partial charge in [-0.15, -0.1) is 0 Å². The van der Waals surface area contributed by atoms with Crippen molar-refractivity contribution >= 4 is 17.3 Å². The first kappa shape index (κ1) is 20.0. The number of nitrogens with zero attached hydrogens (tertiary/aromatic N) is 3. The Morgan fingerprint density at radius 3 is 2.54 bits per heavy atom. The van der Waals surface area contributed by atoms with Crippen LogP contribution in [0.3, 0.4) is 0 Å². The molecule has 2 heterocycles. The van der Waals surface area contributed by atoms with E-state index >= 15 is 0 Å². The van der Waals surface area contributed by atoms with Crippen molar-refractivity contribution in [2.75, 3.05) is 42.6 Å². The highest BCUT2D eigenvalue weighted by molar-refractivity contribution is 5.69. The van der Waals surface area contributed by atoms with E-state index in [1.54, 1.807) is 0 Å². The number of hydrogen-bond acceptors (Lipinski definition) is 6. The van der Waals surface area contributed by atoms with Crippen molar-refractivity contribution in [3.05, 3.63) is 48.8 Å². The topological polar surface area (TPSA) is 54.9 Å². The Balaban J connectivity index is 1.48. The van der Waals surface area contributed by atoms with Crippen molar-refractivity contribution in [1.82, 2.24) is 4.98 Å². The van der Waals surface area contributed by atoms with Gasteiger partial charge >= 0.3 is 5.97 Å². The van der Waals surface area contributed by atoms with Gasteiger partial charge in [-0.1, -0.05) is 0 Å². The summed E-state index contributed by atoms with van der Waals surface area (Å²) in [7, 11) is 0. The molecule has 0 N–H and O–H groups in total. The fourth-order valence-corrected chi connectivity index (χ4v) is 3.50. The van der Waals surface area contributed by atoms with E-state index in [0.29, 0.717) is 32.1 Å². The third-order valence-electron chi connectivity index (χ3n) is 4.92. The third kappa shape index (κ3) is 5.38. The Kier molecular flexibility index (Phi) is 7.12. The first-order chi connectivity index (χ1) is 13.7. The molecule has 1 fully saturated rings. The van der Waals surface area contributed by atoms with Gasteiger partial charge in [0.25, 0.3) is 0 Å². The average molecular weight is 383 g/mol. The molecule has 1 unspecified atom stereocenters. The summed E-state index contributed by atoms with van der Waals surface area (Å²) in [5.74, 6) is 0.664. The Hall–Kier alpha value is -2.76. The van der Waals surface area contributed by atoms with Gasteiger partial charge in [-0.05, 0) is 56.7 Å². The number of rotatable bonds is 8. The van der Waals surface area contributed by atoms with Gasteiger partial charge in [0.2, 0.25) is 0 Å². The molecule has 0 radical (unpaired) electrons. The summed E-state index contributed by atoms with van der Waals surface area (Å²) in [6, 6.07) is 12.8. The average Bonchev–Trinajstić information content (AvgIpc) is 2.73. The van der Waals surface area contributed by atoms with Crippen LogP contribution in [-0.4, -0.2) is 49.8 Å². The standard InChI is InChI=1S/C22H29N3O3/c1-3-27-22(26)5-4-16-28-21-8-6-20(7-9-21)25-15-14-24(17-18(25)2)19-10-12-23-13-11-19/h6-13,18H,3-5,14-17H2,1-2H3. The van der Waals surface area contributed by atoms with Gasteiger partial charge in [0, 0.05) is 55.9 Å². The van der Waals surface area contributed by atoms with Crippen LogP contribution in [0.15, 0.2) is 48.8 Å². The fraction of sp³-hybridized carbons (Fsp3) is 0.455. The number of aromatic nitrogens is 1. The number of pyridine rings is 1. The molecule has 1 aliphatic heterocycles. The predicted octanol–water partition coefficient (Wildman–Crippen LogP) is 3.52. The molecular formula is C22H29N3O3. The lowest BCUT2D eigenvalue weighted by Crippen LogP contribution is -2.52. The van der Waals surface area contributed by atoms with E-state index in [9.17, 15) is 4.79 Å². The molecule has 0 spiro atoms. The summed E-state index contributed by atoms with van der Waals surface area (Å²) in [6.07, 6.45) is 4.75. The van der Waals surface area contributed by atoms with Crippen LogP contribution >= 0.6 is 0 Å². The summed E-state index contributed by atoms with van der Waals surface area (Å²) >= 11 is 0. The van der Waals surface area contributed by atoms with Crippen LogP contribution in [0.1, 0.15) is 26.7 Å². The second kappa shape index (κ2) is 9.97. The molecule has 28 heavy (non-hydrogen) atoms. The van der Waals surface area contributed by atoms with Crippen molar-refractivity contribution in [3.8, 4) is 5.75 Å². The SMILES string of the molecule is CCOC(=O)CCCOc1ccc(N2CCN(c3ccncc3)CC2C)cc1. The van der Waals surface area contributed by atoms with E-state index in [1.165, 1.54) is 11.4 Å². The molecule has 150 valence electrons. The molecule has 6 nitrogen and oxygen atoms in total. The largest absolute Gasteiger partial charge is 0.494 e. The van der Waals surface area contributed by atoms with Gasteiger partial charge < -0.3 is 19.3 Å². The van der Waals surface area contributed by atoms with E-state index in [2.05, 4.69) is 46.0 Å². The van der Waals surface area contributed by atoms with Crippen molar-refractivity contribution in [2.24, 2.45) is 0 Å². The molecule has 3 rings (SSSR count). The molecule has 1 saturated heterocycles. The quantitative estimate of drug-likeness (QED) is 0.514. The third-order valence-corrected chi connectivity index (χ3v) is 4.92. The second-order valence-corrected chi connectivity index (χ2v) is 6.94. The van der Waals surface area contributed by atoms with Gasteiger partial charge in [0.15, 0.2) is 0 Å². The van der Waals surface area contributed by atoms with Crippen LogP contribution in [0.4, 0.5) is 11.4 Å². The normalized spacial score (nSPS) is 16.7. The highest BCUT2D eigenvalue weighted by atomic mass is 16.5. The molecule has 0 amide bonds. The van der Waals surface area contributed by atoms with Crippen LogP contribution in [0.5, 0.6) is 5.75 Å². The van der Waals surface area contributed by atoms with Gasteiger partial charge in [-0.2, -0.15) is 0 Å². The second-order valence-electron chi connectivity index (χ2n) is 6.94. The highest BCUT2D eigenvalue weighted by Gasteiger charge is 2.24. The fourth-order valence-electron chi connectivity index (χ4n) is 3.50. The maximum atomic E-state index is 11.3. The van der Waals surface area contributed by atoms with Crippen LogP contribution in [-0.2, 0) is 9.53 Å². The zero-order chi connectivity index (χ0) is 19.8. The summed E-state index contributed by atoms with van der Waals surface area (Å²) < 4.78 is 10.7. The zero-order valence-electron chi connectivity index (χ0n) is 16.7. The summed E-state index contributed by atoms with van der Waals surface area (Å²) in [5, 5.41) is 0. The minimum Gasteiger partial charge on any atom is -0.494 e. The van der Waals surface area contributed by atoms with Crippen molar-refractivity contribution < 1.29 is 14.3 Å². The van der Waals surface area contributed by atoms with E-state index < -0.39 is 0 Å². The zero-order valence-corrected chi connectivity index (χ0v) is 16.7. The Labute approximate surface area is 167 Å². The number of esters is 1. The van der Waals surface area contributed by atoms with Crippen LogP contribution in [0.2, 0.25) is 0 Å². The van der Waals surface area contributed by atoms with E-state index in [4.69, 9.17) is 9.47 Å². The molecular weight excluding hydrogens is 354 g/mol. The Morgan fingerprint density at radius 1 is 1.11 bits per heavy atom. The minimum atomic E-state index is -0.165. The lowest BCUT2D eigenvalue weighted by Gasteiger charge is -2.42. The summed E-state index contributed by atoms with van der Waals surface area (Å²) in [5.41, 5.74) is 2.44. The molecule has 1 aromatic carbocycles. The van der Waals surface area contributed by atoms with Crippen LogP contribution in [0, 0.1) is 0 Å². The number of piperazine rings is 1. The molecule has 1 aliphatic rings. The van der Waals surface area contributed by atoms with Crippen molar-refractivity contribution in [2.45, 2.75) is 32.7 Å². The first-order valence-electron chi connectivity index (χ1n) is 9.97. The number of ether oxygens (including phenoxy) is 2. The van der Waals surface area contributed by atoms with Gasteiger partial charge in [0.05, 0.1) is 13.2 Å². The van der Waals surface area contributed by atoms with E-state index in [-0.39, 0.29) is 5.97 Å². The summed E-state index contributed by atoms with van der Waals surface area (Å²) in [4.78, 5) is 20.3. The Morgan fingerprint density at radius 2 is 1.86 bits per heavy atom. The van der Waals surface area contributed by atoms with Gasteiger partial charge in [-0.25, -0.2) is 0 Å². The molecule has 2 aromatic rings. The highest BCUT2D eigenvalue weighted by Crippen LogP contribution is 2.25. The van der Waals surface area contributed by atoms with E-state index in [1.807, 2.05) is 31.5 Å². The molecule has 1 aromatic heterocycles. The smallest absolute Gasteiger partial charge is 0.305 e. The number of carbonyl (C=O) groups excluding carboxylic acids is 1. The van der Waals surface area contributed by atoms with Gasteiger partial charge in [-0.3, -0.25) is 9.78 Å².